The zero-order valence-corrected chi connectivity index (χ0v) is 30.1. The highest BCUT2D eigenvalue weighted by molar-refractivity contribution is 7.94. The van der Waals surface area contributed by atoms with Crippen molar-refractivity contribution in [3.05, 3.63) is 87.7 Å². The maximum Gasteiger partial charge on any atom is 0.490 e. The Morgan fingerprint density at radius 1 is 1.09 bits per heavy atom. The first-order valence-electron chi connectivity index (χ1n) is 14.9. The first-order chi connectivity index (χ1) is 25.5. The molecule has 2 heterocycles. The largest absolute Gasteiger partial charge is 0.490 e. The number of rotatable bonds is 11. The van der Waals surface area contributed by atoms with Crippen LogP contribution in [0.1, 0.15) is 25.0 Å². The van der Waals surface area contributed by atoms with Gasteiger partial charge in [-0.3, -0.25) is 29.1 Å². The SMILES string of the molecule is CC(C)Nc1ncc(-c2cc(N)cc(NS(=O)(=O)c3cccs3)c2)n(CC(=O)NCc2ccc(C(=N)N)cc2)c1=O.FC(F)F.O=C(O)C(F)(F)F.O=CO. The van der Waals surface area contributed by atoms with Crippen molar-refractivity contribution in [2.75, 3.05) is 15.8 Å². The Bertz CT molecular complexity index is 2060. The second-order valence-corrected chi connectivity index (χ2v) is 13.5. The van der Waals surface area contributed by atoms with Crippen molar-refractivity contribution in [1.29, 1.82) is 5.41 Å². The number of thiophene rings is 1. The number of amidine groups is 1. The summed E-state index contributed by atoms with van der Waals surface area (Å²) in [6, 6.07) is 14.4. The van der Waals surface area contributed by atoms with E-state index in [9.17, 15) is 44.3 Å². The van der Waals surface area contributed by atoms with E-state index < -0.39 is 40.3 Å². The van der Waals surface area contributed by atoms with E-state index in [0.29, 0.717) is 11.1 Å². The molecule has 0 aliphatic rings. The number of sulfonamides is 1. The van der Waals surface area contributed by atoms with E-state index in [-0.39, 0.29) is 58.5 Å². The summed E-state index contributed by atoms with van der Waals surface area (Å²) in [6.07, 6.45) is -3.65. The van der Waals surface area contributed by atoms with Crippen molar-refractivity contribution in [2.24, 2.45) is 5.73 Å². The third-order valence-corrected chi connectivity index (χ3v) is 8.82. The fraction of sp³-hybridized carbons (Fsp3) is 0.226. The number of aliphatic carboxylic acids is 1. The standard InChI is InChI=1S/C27H30N8O4S2.C2HF3O2.CHF3.CH2O2/c1-16(2)33-26-27(37)35(15-23(36)31-13-17-5-7-18(8-6-17)25(29)30)22(14-32-26)19-10-20(28)12-21(11-19)34-41(38,39)24-4-3-9-40-24;3-2(4,5)1(6)7;2-1(3)4;2-1-3/h3-12,14,16,34H,13,15,28H2,1-2H3,(H3,29,30)(H,31,36)(H,32,33);(H,6,7);1H;1H,(H,2,3). The number of carbonyl (C=O) groups is 3. The summed E-state index contributed by atoms with van der Waals surface area (Å²) in [6.45, 7) is -0.350. The molecule has 16 nitrogen and oxygen atoms in total. The average Bonchev–Trinajstić information content (AvgIpc) is 3.62. The van der Waals surface area contributed by atoms with Crippen molar-refractivity contribution in [1.82, 2.24) is 14.9 Å². The lowest BCUT2D eigenvalue weighted by atomic mass is 10.1. The Labute approximate surface area is 312 Å². The molecule has 0 unspecified atom stereocenters. The van der Waals surface area contributed by atoms with Gasteiger partial charge in [0.15, 0.2) is 5.82 Å². The predicted molar refractivity (Wildman–Crippen MR) is 191 cm³/mol. The number of nitrogens with zero attached hydrogens (tertiary/aromatic N) is 2. The van der Waals surface area contributed by atoms with Crippen LogP contribution in [0.25, 0.3) is 11.3 Å². The van der Waals surface area contributed by atoms with E-state index in [0.717, 1.165) is 16.9 Å². The highest BCUT2D eigenvalue weighted by Gasteiger charge is 2.38. The lowest BCUT2D eigenvalue weighted by Crippen LogP contribution is -2.35. The molecule has 24 heteroatoms. The molecule has 0 aliphatic carbocycles. The smallest absolute Gasteiger partial charge is 0.483 e. The summed E-state index contributed by atoms with van der Waals surface area (Å²) in [7, 11) is -3.85. The van der Waals surface area contributed by atoms with E-state index >= 15 is 0 Å². The number of carbonyl (C=O) groups excluding carboxylic acids is 1. The molecule has 10 N–H and O–H groups in total. The number of benzene rings is 2. The maximum absolute atomic E-state index is 13.4. The zero-order chi connectivity index (χ0) is 42.1. The summed E-state index contributed by atoms with van der Waals surface area (Å²) >= 11 is 1.07. The fourth-order valence-electron chi connectivity index (χ4n) is 3.93. The van der Waals surface area contributed by atoms with Crippen LogP contribution in [-0.2, 0) is 37.5 Å². The number of hydrogen-bond acceptors (Lipinski definition) is 11. The van der Waals surface area contributed by atoms with Gasteiger partial charge < -0.3 is 32.3 Å². The van der Waals surface area contributed by atoms with Gasteiger partial charge in [-0.2, -0.15) is 26.3 Å². The van der Waals surface area contributed by atoms with Crippen LogP contribution in [0.5, 0.6) is 0 Å². The number of hydrogen-bond donors (Lipinski definition) is 8. The van der Waals surface area contributed by atoms with Gasteiger partial charge in [-0.05, 0) is 49.1 Å². The Morgan fingerprint density at radius 2 is 1.65 bits per heavy atom. The van der Waals surface area contributed by atoms with Crippen molar-refractivity contribution >= 4 is 62.7 Å². The van der Waals surface area contributed by atoms with Gasteiger partial charge in [0.25, 0.3) is 22.1 Å². The molecule has 4 aromatic rings. The lowest BCUT2D eigenvalue weighted by molar-refractivity contribution is -0.192. The van der Waals surface area contributed by atoms with Crippen molar-refractivity contribution in [2.45, 2.75) is 50.0 Å². The molecule has 0 radical (unpaired) electrons. The second kappa shape index (κ2) is 21.5. The van der Waals surface area contributed by atoms with E-state index in [1.165, 1.54) is 29.0 Å². The van der Waals surface area contributed by atoms with E-state index in [1.54, 1.807) is 41.8 Å². The molecule has 2 aromatic heterocycles. The molecule has 0 spiro atoms. The van der Waals surface area contributed by atoms with E-state index in [4.69, 9.17) is 36.7 Å². The number of carboxylic acid groups (broad SMARTS) is 2. The summed E-state index contributed by atoms with van der Waals surface area (Å²) in [5.74, 6) is -3.18. The molecular weight excluding hydrogens is 791 g/mol. The first kappa shape index (κ1) is 46.9. The molecule has 0 atom stereocenters. The van der Waals surface area contributed by atoms with E-state index in [1.807, 2.05) is 13.8 Å². The molecule has 0 aliphatic heterocycles. The molecule has 0 bridgehead atoms. The Kier molecular flexibility index (Phi) is 18.3. The van der Waals surface area contributed by atoms with Crippen molar-refractivity contribution in [3.63, 3.8) is 0 Å². The molecule has 2 aromatic carbocycles. The number of amides is 1. The van der Waals surface area contributed by atoms with Gasteiger partial charge in [0.1, 0.15) is 16.6 Å². The van der Waals surface area contributed by atoms with Crippen LogP contribution >= 0.6 is 11.3 Å². The maximum atomic E-state index is 13.4. The Morgan fingerprint density at radius 3 is 2.13 bits per heavy atom. The molecule has 55 heavy (non-hydrogen) atoms. The summed E-state index contributed by atoms with van der Waals surface area (Å²) < 4.78 is 90.2. The number of nitrogen functional groups attached to an aromatic ring is 2. The number of nitrogens with one attached hydrogen (secondary N) is 4. The molecule has 300 valence electrons. The van der Waals surface area contributed by atoms with Gasteiger partial charge in [0.2, 0.25) is 5.91 Å². The molecular formula is C31H34F6N8O8S2. The molecule has 0 fully saturated rings. The van der Waals surface area contributed by atoms with Gasteiger partial charge in [0.05, 0.1) is 17.6 Å². The van der Waals surface area contributed by atoms with Crippen molar-refractivity contribution < 1.29 is 59.4 Å². The minimum absolute atomic E-state index is 0.0555. The highest BCUT2D eigenvalue weighted by Crippen LogP contribution is 2.28. The first-order valence-corrected chi connectivity index (χ1v) is 17.2. The second-order valence-electron chi connectivity index (χ2n) is 10.6. The molecule has 0 saturated heterocycles. The van der Waals surface area contributed by atoms with Crippen molar-refractivity contribution in [3.8, 4) is 11.3 Å². The fourth-order valence-corrected chi connectivity index (χ4v) is 5.96. The van der Waals surface area contributed by atoms with Crippen LogP contribution in [0.4, 0.5) is 43.5 Å². The third kappa shape index (κ3) is 16.6. The minimum Gasteiger partial charge on any atom is -0.483 e. The van der Waals surface area contributed by atoms with Crippen LogP contribution in [-0.4, -0.2) is 71.3 Å². The molecule has 4 rings (SSSR count). The lowest BCUT2D eigenvalue weighted by Gasteiger charge is -2.17. The number of halogens is 6. The Balaban J connectivity index is 0.000000925. The number of anilines is 3. The summed E-state index contributed by atoms with van der Waals surface area (Å²) in [5.41, 5.74) is 13.5. The number of nitrogens with two attached hydrogens (primary N) is 2. The normalized spacial score (nSPS) is 10.7. The quantitative estimate of drug-likeness (QED) is 0.0346. The highest BCUT2D eigenvalue weighted by atomic mass is 32.2. The van der Waals surface area contributed by atoms with Crippen LogP contribution in [0.15, 0.2) is 75.2 Å². The summed E-state index contributed by atoms with van der Waals surface area (Å²) in [5, 5.41) is 28.9. The molecule has 1 amide bonds. The number of aromatic nitrogens is 2. The average molecular weight is 825 g/mol. The van der Waals surface area contributed by atoms with Gasteiger partial charge >= 0.3 is 18.8 Å². The number of carboxylic acids is 1. The monoisotopic (exact) mass is 824 g/mol. The predicted octanol–water partition coefficient (Wildman–Crippen LogP) is 4.29. The molecule has 0 saturated carbocycles. The topological polar surface area (TPSA) is 273 Å². The van der Waals surface area contributed by atoms with Crippen LogP contribution < -0.4 is 32.4 Å². The minimum atomic E-state index is -5.08. The van der Waals surface area contributed by atoms with Gasteiger partial charge in [-0.25, -0.2) is 18.2 Å². The Hall–Kier alpha value is -6.17. The van der Waals surface area contributed by atoms with Gasteiger partial charge in [0, 0.05) is 29.4 Å². The zero-order valence-electron chi connectivity index (χ0n) is 28.5. The van der Waals surface area contributed by atoms with Crippen LogP contribution in [0.2, 0.25) is 0 Å². The van der Waals surface area contributed by atoms with Crippen LogP contribution in [0.3, 0.4) is 0 Å². The third-order valence-electron chi connectivity index (χ3n) is 6.04. The van der Waals surface area contributed by atoms with Gasteiger partial charge in [-0.15, -0.1) is 11.3 Å². The number of alkyl halides is 6. The van der Waals surface area contributed by atoms with Crippen LogP contribution in [0, 0.1) is 5.41 Å². The summed E-state index contributed by atoms with van der Waals surface area (Å²) in [4.78, 5) is 48.0. The van der Waals surface area contributed by atoms with Gasteiger partial charge in [-0.1, -0.05) is 30.3 Å². The van der Waals surface area contributed by atoms with E-state index in [2.05, 4.69) is 20.3 Å².